The van der Waals surface area contributed by atoms with Crippen molar-refractivity contribution in [3.63, 3.8) is 0 Å². The largest absolute Gasteiger partial charge is 0.453 e. The van der Waals surface area contributed by atoms with Crippen LogP contribution in [-0.4, -0.2) is 64.0 Å². The molecular weight excluding hydrogens is 430 g/mol. The Hall–Kier alpha value is -3.17. The summed E-state index contributed by atoms with van der Waals surface area (Å²) in [6, 6.07) is 7.53. The van der Waals surface area contributed by atoms with Crippen molar-refractivity contribution in [1.29, 1.82) is 0 Å². The third-order valence-corrected chi connectivity index (χ3v) is 5.67. The number of benzene rings is 1. The number of ether oxygens (including phenoxy) is 1. The Bertz CT molecular complexity index is 1050. The van der Waals surface area contributed by atoms with Crippen molar-refractivity contribution < 1.29 is 9.53 Å². The molecule has 1 N–H and O–H groups in total. The molecule has 0 radical (unpaired) electrons. The first-order valence-electron chi connectivity index (χ1n) is 10.3. The van der Waals surface area contributed by atoms with Crippen molar-refractivity contribution in [1.82, 2.24) is 24.6 Å². The van der Waals surface area contributed by atoms with Gasteiger partial charge in [0.25, 0.3) is 0 Å². The van der Waals surface area contributed by atoms with Gasteiger partial charge in [0, 0.05) is 74.7 Å². The molecule has 3 aromatic rings. The van der Waals surface area contributed by atoms with Crippen LogP contribution in [-0.2, 0) is 18.3 Å². The molecule has 0 aliphatic carbocycles. The zero-order valence-electron chi connectivity index (χ0n) is 18.5. The maximum absolute atomic E-state index is 11.4. The summed E-state index contributed by atoms with van der Waals surface area (Å²) in [6.07, 6.45) is 4.91. The van der Waals surface area contributed by atoms with Crippen LogP contribution in [0, 0.1) is 6.92 Å². The molecule has 4 rings (SSSR count). The van der Waals surface area contributed by atoms with Crippen LogP contribution in [0.25, 0.3) is 11.3 Å². The number of amides is 1. The SMILES string of the molecule is COC(=O)Nc1ccc(-c2nccnc2N2CCN(Cc3cnn(C)c3C)CC2)cc1.Cl. The van der Waals surface area contributed by atoms with Gasteiger partial charge in [-0.2, -0.15) is 5.10 Å². The number of hydrogen-bond acceptors (Lipinski definition) is 7. The lowest BCUT2D eigenvalue weighted by Crippen LogP contribution is -2.46. The maximum atomic E-state index is 11.4. The number of rotatable bonds is 5. The van der Waals surface area contributed by atoms with Gasteiger partial charge in [0.2, 0.25) is 0 Å². The van der Waals surface area contributed by atoms with Gasteiger partial charge in [-0.25, -0.2) is 9.78 Å². The molecule has 170 valence electrons. The minimum absolute atomic E-state index is 0. The van der Waals surface area contributed by atoms with Crippen molar-refractivity contribution in [2.45, 2.75) is 13.5 Å². The molecule has 0 saturated carbocycles. The van der Waals surface area contributed by atoms with Crippen molar-refractivity contribution in [3.05, 3.63) is 54.1 Å². The van der Waals surface area contributed by atoms with E-state index in [-0.39, 0.29) is 12.4 Å². The summed E-state index contributed by atoms with van der Waals surface area (Å²) < 4.78 is 6.55. The average molecular weight is 458 g/mol. The average Bonchev–Trinajstić information content (AvgIpc) is 3.12. The number of carbonyl (C=O) groups is 1. The Morgan fingerprint density at radius 3 is 2.41 bits per heavy atom. The van der Waals surface area contributed by atoms with E-state index in [1.54, 1.807) is 12.4 Å². The van der Waals surface area contributed by atoms with Gasteiger partial charge in [-0.05, 0) is 19.1 Å². The number of nitrogens with zero attached hydrogens (tertiary/aromatic N) is 6. The number of nitrogens with one attached hydrogen (secondary N) is 1. The fourth-order valence-corrected chi connectivity index (χ4v) is 3.70. The standard InChI is InChI=1S/C22H27N7O2.ClH/c1-16-18(14-25-27(16)2)15-28-10-12-29(13-11-28)21-20(23-8-9-24-21)17-4-6-19(7-5-17)26-22(30)31-3;/h4-9,14H,10-13,15H2,1-3H3,(H,26,30);1H. The molecule has 3 heterocycles. The molecule has 1 aliphatic rings. The van der Waals surface area contributed by atoms with Gasteiger partial charge in [-0.1, -0.05) is 12.1 Å². The highest BCUT2D eigenvalue weighted by Crippen LogP contribution is 2.28. The van der Waals surface area contributed by atoms with E-state index < -0.39 is 6.09 Å². The van der Waals surface area contributed by atoms with Gasteiger partial charge in [0.1, 0.15) is 5.69 Å². The summed E-state index contributed by atoms with van der Waals surface area (Å²) in [5, 5.41) is 7.01. The van der Waals surface area contributed by atoms with Crippen LogP contribution in [0.15, 0.2) is 42.9 Å². The van der Waals surface area contributed by atoms with E-state index in [9.17, 15) is 4.79 Å². The predicted molar refractivity (Wildman–Crippen MR) is 126 cm³/mol. The van der Waals surface area contributed by atoms with Gasteiger partial charge in [0.05, 0.1) is 13.3 Å². The minimum atomic E-state index is -0.493. The van der Waals surface area contributed by atoms with Gasteiger partial charge >= 0.3 is 6.09 Å². The quantitative estimate of drug-likeness (QED) is 0.629. The second kappa shape index (κ2) is 10.4. The van der Waals surface area contributed by atoms with Crippen LogP contribution in [0.2, 0.25) is 0 Å². The van der Waals surface area contributed by atoms with E-state index in [4.69, 9.17) is 0 Å². The van der Waals surface area contributed by atoms with Crippen molar-refractivity contribution >= 4 is 30.0 Å². The van der Waals surface area contributed by atoms with Crippen LogP contribution in [0.3, 0.4) is 0 Å². The van der Waals surface area contributed by atoms with Gasteiger partial charge < -0.3 is 9.64 Å². The fourth-order valence-electron chi connectivity index (χ4n) is 3.70. The molecule has 0 unspecified atom stereocenters. The van der Waals surface area contributed by atoms with Crippen LogP contribution >= 0.6 is 12.4 Å². The molecule has 0 atom stereocenters. The van der Waals surface area contributed by atoms with Gasteiger partial charge in [-0.15, -0.1) is 12.4 Å². The van der Waals surface area contributed by atoms with Crippen LogP contribution in [0.1, 0.15) is 11.3 Å². The molecule has 0 bridgehead atoms. The smallest absolute Gasteiger partial charge is 0.411 e. The lowest BCUT2D eigenvalue weighted by molar-refractivity contribution is 0.187. The number of methoxy groups -OCH3 is 1. The molecule has 0 spiro atoms. The lowest BCUT2D eigenvalue weighted by atomic mass is 10.1. The molecule has 1 amide bonds. The number of aryl methyl sites for hydroxylation is 1. The first kappa shape index (κ1) is 23.5. The molecule has 1 saturated heterocycles. The molecule has 2 aromatic heterocycles. The third kappa shape index (κ3) is 5.17. The number of anilines is 2. The second-order valence-electron chi connectivity index (χ2n) is 7.56. The normalized spacial score (nSPS) is 14.0. The summed E-state index contributed by atoms with van der Waals surface area (Å²) in [6.45, 7) is 6.69. The molecule has 1 aromatic carbocycles. The highest BCUT2D eigenvalue weighted by Gasteiger charge is 2.22. The third-order valence-electron chi connectivity index (χ3n) is 5.67. The summed E-state index contributed by atoms with van der Waals surface area (Å²) in [7, 11) is 3.32. The monoisotopic (exact) mass is 457 g/mol. The van der Waals surface area contributed by atoms with E-state index in [2.05, 4.69) is 41.8 Å². The van der Waals surface area contributed by atoms with E-state index in [1.807, 2.05) is 42.2 Å². The Morgan fingerprint density at radius 2 is 1.78 bits per heavy atom. The Balaban J connectivity index is 0.00000289. The van der Waals surface area contributed by atoms with E-state index in [1.165, 1.54) is 18.4 Å². The minimum Gasteiger partial charge on any atom is -0.453 e. The highest BCUT2D eigenvalue weighted by molar-refractivity contribution is 5.85. The van der Waals surface area contributed by atoms with Gasteiger partial charge in [-0.3, -0.25) is 19.9 Å². The number of hydrogen-bond donors (Lipinski definition) is 1. The van der Waals surface area contributed by atoms with E-state index in [0.29, 0.717) is 5.69 Å². The molecule has 32 heavy (non-hydrogen) atoms. The van der Waals surface area contributed by atoms with Crippen LogP contribution in [0.5, 0.6) is 0 Å². The zero-order valence-corrected chi connectivity index (χ0v) is 19.3. The number of piperazine rings is 1. The molecule has 9 nitrogen and oxygen atoms in total. The van der Waals surface area contributed by atoms with E-state index in [0.717, 1.165) is 49.8 Å². The van der Waals surface area contributed by atoms with Crippen molar-refractivity contribution in [2.75, 3.05) is 43.5 Å². The molecule has 1 aliphatic heterocycles. The first-order valence-corrected chi connectivity index (χ1v) is 10.3. The van der Waals surface area contributed by atoms with Crippen molar-refractivity contribution in [3.8, 4) is 11.3 Å². The number of halogens is 1. The fraction of sp³-hybridized carbons (Fsp3) is 0.364. The summed E-state index contributed by atoms with van der Waals surface area (Å²) in [5.41, 5.74) is 4.94. The maximum Gasteiger partial charge on any atom is 0.411 e. The van der Waals surface area contributed by atoms with Gasteiger partial charge in [0.15, 0.2) is 5.82 Å². The summed E-state index contributed by atoms with van der Waals surface area (Å²) >= 11 is 0. The summed E-state index contributed by atoms with van der Waals surface area (Å²) in [5.74, 6) is 0.883. The Morgan fingerprint density at radius 1 is 1.09 bits per heavy atom. The molecule has 10 heteroatoms. The predicted octanol–water partition coefficient (Wildman–Crippen LogP) is 3.11. The molecular formula is C22H28ClN7O2. The lowest BCUT2D eigenvalue weighted by Gasteiger charge is -2.35. The highest BCUT2D eigenvalue weighted by atomic mass is 35.5. The van der Waals surface area contributed by atoms with Crippen LogP contribution < -0.4 is 10.2 Å². The second-order valence-corrected chi connectivity index (χ2v) is 7.56. The number of aromatic nitrogens is 4. The Kier molecular flexibility index (Phi) is 7.66. The summed E-state index contributed by atoms with van der Waals surface area (Å²) in [4.78, 5) is 25.3. The zero-order chi connectivity index (χ0) is 21.8. The number of carbonyl (C=O) groups excluding carboxylic acids is 1. The molecule has 1 fully saturated rings. The van der Waals surface area contributed by atoms with E-state index >= 15 is 0 Å². The Labute approximate surface area is 193 Å². The topological polar surface area (TPSA) is 88.4 Å². The first-order chi connectivity index (χ1) is 15.0. The van der Waals surface area contributed by atoms with Crippen LogP contribution in [0.4, 0.5) is 16.3 Å². The van der Waals surface area contributed by atoms with Crippen molar-refractivity contribution in [2.24, 2.45) is 7.05 Å².